The van der Waals surface area contributed by atoms with Crippen molar-refractivity contribution in [2.75, 3.05) is 45.7 Å². The Morgan fingerprint density at radius 3 is 2.79 bits per heavy atom. The van der Waals surface area contributed by atoms with E-state index in [1.165, 1.54) is 6.07 Å². The van der Waals surface area contributed by atoms with Gasteiger partial charge in [0.1, 0.15) is 5.69 Å². The number of nitrogens with zero attached hydrogens (tertiary/aromatic N) is 2. The predicted molar refractivity (Wildman–Crippen MR) is 75.7 cm³/mol. The van der Waals surface area contributed by atoms with E-state index in [1.54, 1.807) is 19.2 Å². The molecule has 0 unspecified atom stereocenters. The maximum atomic E-state index is 10.9. The molecule has 6 heteroatoms. The molecule has 1 rings (SSSR count). The zero-order valence-corrected chi connectivity index (χ0v) is 11.7. The number of benzene rings is 1. The first-order chi connectivity index (χ1) is 9.04. The van der Waals surface area contributed by atoms with Crippen molar-refractivity contribution in [3.05, 3.63) is 33.9 Å². The van der Waals surface area contributed by atoms with Crippen molar-refractivity contribution in [3.8, 4) is 0 Å². The summed E-state index contributed by atoms with van der Waals surface area (Å²) in [6.07, 6.45) is 0. The van der Waals surface area contributed by atoms with Crippen LogP contribution in [0.25, 0.3) is 0 Å². The number of likely N-dealkylation sites (N-methyl/N-ethyl adjacent to an activating group) is 1. The molecular weight excluding hydrogens is 246 g/mol. The lowest BCUT2D eigenvalue weighted by atomic mass is 10.2. The van der Waals surface area contributed by atoms with Crippen molar-refractivity contribution in [2.24, 2.45) is 0 Å². The second-order valence-electron chi connectivity index (χ2n) is 4.50. The van der Waals surface area contributed by atoms with Gasteiger partial charge in [0.25, 0.3) is 5.69 Å². The smallest absolute Gasteiger partial charge is 0.292 e. The maximum absolute atomic E-state index is 10.9. The lowest BCUT2D eigenvalue weighted by molar-refractivity contribution is -0.384. The molecule has 1 aromatic rings. The zero-order valence-electron chi connectivity index (χ0n) is 11.7. The number of hydrogen-bond acceptors (Lipinski definition) is 5. The van der Waals surface area contributed by atoms with Crippen molar-refractivity contribution >= 4 is 11.4 Å². The van der Waals surface area contributed by atoms with Crippen molar-refractivity contribution in [1.29, 1.82) is 0 Å². The molecule has 1 aromatic carbocycles. The highest BCUT2D eigenvalue weighted by molar-refractivity contribution is 5.62. The molecule has 0 aliphatic heterocycles. The Labute approximate surface area is 113 Å². The number of ether oxygens (including phenoxy) is 1. The average molecular weight is 267 g/mol. The third-order valence-corrected chi connectivity index (χ3v) is 2.83. The van der Waals surface area contributed by atoms with Gasteiger partial charge in [-0.2, -0.15) is 0 Å². The molecule has 0 saturated carbocycles. The van der Waals surface area contributed by atoms with Crippen molar-refractivity contribution in [1.82, 2.24) is 4.90 Å². The fourth-order valence-electron chi connectivity index (χ4n) is 1.69. The summed E-state index contributed by atoms with van der Waals surface area (Å²) in [4.78, 5) is 12.7. The second-order valence-corrected chi connectivity index (χ2v) is 4.50. The molecule has 0 heterocycles. The predicted octanol–water partition coefficient (Wildman–Crippen LogP) is 1.89. The van der Waals surface area contributed by atoms with Gasteiger partial charge in [-0.25, -0.2) is 0 Å². The summed E-state index contributed by atoms with van der Waals surface area (Å²) >= 11 is 0. The average Bonchev–Trinajstić information content (AvgIpc) is 2.36. The minimum atomic E-state index is -0.365. The standard InChI is InChI=1S/C13H21N3O3/c1-11-4-5-13(16(17)18)12(10-11)14-6-7-15(2)8-9-19-3/h4-5,10,14H,6-9H2,1-3H3. The highest BCUT2D eigenvalue weighted by Gasteiger charge is 2.12. The van der Waals surface area contributed by atoms with E-state index in [9.17, 15) is 10.1 Å². The summed E-state index contributed by atoms with van der Waals surface area (Å²) in [5, 5.41) is 14.0. The molecule has 0 aromatic heterocycles. The number of aryl methyl sites for hydroxylation is 1. The monoisotopic (exact) mass is 267 g/mol. The summed E-state index contributed by atoms with van der Waals surface area (Å²) in [6, 6.07) is 5.08. The number of nitrogens with one attached hydrogen (secondary N) is 1. The van der Waals surface area contributed by atoms with Crippen LogP contribution in [-0.4, -0.2) is 50.2 Å². The van der Waals surface area contributed by atoms with Crippen molar-refractivity contribution < 1.29 is 9.66 Å². The van der Waals surface area contributed by atoms with Crippen LogP contribution in [0.3, 0.4) is 0 Å². The molecular formula is C13H21N3O3. The van der Waals surface area contributed by atoms with Crippen molar-refractivity contribution in [3.63, 3.8) is 0 Å². The Hall–Kier alpha value is -1.66. The minimum Gasteiger partial charge on any atom is -0.383 e. The second kappa shape index (κ2) is 7.70. The van der Waals surface area contributed by atoms with Crippen LogP contribution in [0.4, 0.5) is 11.4 Å². The number of hydrogen-bond donors (Lipinski definition) is 1. The van der Waals surface area contributed by atoms with Gasteiger partial charge >= 0.3 is 0 Å². The van der Waals surface area contributed by atoms with Crippen molar-refractivity contribution in [2.45, 2.75) is 6.92 Å². The number of nitro groups is 1. The van der Waals surface area contributed by atoms with Crippen LogP contribution >= 0.6 is 0 Å². The Morgan fingerprint density at radius 1 is 1.42 bits per heavy atom. The number of rotatable bonds is 8. The number of nitro benzene ring substituents is 1. The normalized spacial score (nSPS) is 10.7. The van der Waals surface area contributed by atoms with Gasteiger partial charge in [-0.05, 0) is 25.6 Å². The van der Waals surface area contributed by atoms with Gasteiger partial charge in [0.05, 0.1) is 11.5 Å². The number of methoxy groups -OCH3 is 1. The Bertz CT molecular complexity index is 424. The summed E-state index contributed by atoms with van der Waals surface area (Å²) in [6.45, 7) is 4.90. The highest BCUT2D eigenvalue weighted by atomic mass is 16.6. The maximum Gasteiger partial charge on any atom is 0.292 e. The molecule has 0 bridgehead atoms. The largest absolute Gasteiger partial charge is 0.383 e. The van der Waals surface area contributed by atoms with Crippen LogP contribution in [0.15, 0.2) is 18.2 Å². The van der Waals surface area contributed by atoms with Gasteiger partial charge in [-0.1, -0.05) is 6.07 Å². The molecule has 19 heavy (non-hydrogen) atoms. The lowest BCUT2D eigenvalue weighted by Gasteiger charge is -2.16. The molecule has 0 atom stereocenters. The molecule has 0 aliphatic carbocycles. The van der Waals surface area contributed by atoms with Gasteiger partial charge in [-0.3, -0.25) is 10.1 Å². The molecule has 0 radical (unpaired) electrons. The molecule has 6 nitrogen and oxygen atoms in total. The van der Waals surface area contributed by atoms with Crippen LogP contribution < -0.4 is 5.32 Å². The SMILES string of the molecule is COCCN(C)CCNc1cc(C)ccc1[N+](=O)[O-]. The fraction of sp³-hybridized carbons (Fsp3) is 0.538. The van der Waals surface area contributed by atoms with Gasteiger partial charge < -0.3 is 15.0 Å². The van der Waals surface area contributed by atoms with E-state index in [-0.39, 0.29) is 10.6 Å². The summed E-state index contributed by atoms with van der Waals surface area (Å²) < 4.78 is 4.99. The molecule has 1 N–H and O–H groups in total. The van der Waals surface area contributed by atoms with E-state index in [0.29, 0.717) is 18.8 Å². The van der Waals surface area contributed by atoms with Crippen LogP contribution in [0.5, 0.6) is 0 Å². The Morgan fingerprint density at radius 2 is 2.16 bits per heavy atom. The van der Waals surface area contributed by atoms with Crippen LogP contribution in [0.2, 0.25) is 0 Å². The molecule has 0 fully saturated rings. The van der Waals surface area contributed by atoms with Crippen LogP contribution in [-0.2, 0) is 4.74 Å². The summed E-state index contributed by atoms with van der Waals surface area (Å²) in [7, 11) is 3.66. The molecule has 0 spiro atoms. The molecule has 0 amide bonds. The van der Waals surface area contributed by atoms with E-state index < -0.39 is 0 Å². The topological polar surface area (TPSA) is 67.6 Å². The van der Waals surface area contributed by atoms with Gasteiger partial charge in [0.15, 0.2) is 0 Å². The molecule has 0 saturated heterocycles. The third kappa shape index (κ3) is 5.23. The Kier molecular flexibility index (Phi) is 6.24. The summed E-state index contributed by atoms with van der Waals surface area (Å²) in [5.74, 6) is 0. The van der Waals surface area contributed by atoms with E-state index in [4.69, 9.17) is 4.74 Å². The lowest BCUT2D eigenvalue weighted by Crippen LogP contribution is -2.28. The van der Waals surface area contributed by atoms with Gasteiger partial charge in [0, 0.05) is 32.8 Å². The zero-order chi connectivity index (χ0) is 14.3. The van der Waals surface area contributed by atoms with Crippen LogP contribution in [0, 0.1) is 17.0 Å². The first-order valence-electron chi connectivity index (χ1n) is 6.21. The third-order valence-electron chi connectivity index (χ3n) is 2.83. The quantitative estimate of drug-likeness (QED) is 0.575. The first-order valence-corrected chi connectivity index (χ1v) is 6.21. The van der Waals surface area contributed by atoms with Crippen LogP contribution in [0.1, 0.15) is 5.56 Å². The highest BCUT2D eigenvalue weighted by Crippen LogP contribution is 2.24. The van der Waals surface area contributed by atoms with E-state index in [0.717, 1.165) is 18.7 Å². The molecule has 106 valence electrons. The van der Waals surface area contributed by atoms with Gasteiger partial charge in [-0.15, -0.1) is 0 Å². The first kappa shape index (κ1) is 15.4. The van der Waals surface area contributed by atoms with Gasteiger partial charge in [0.2, 0.25) is 0 Å². The van der Waals surface area contributed by atoms with E-state index >= 15 is 0 Å². The molecule has 0 aliphatic rings. The minimum absolute atomic E-state index is 0.116. The van der Waals surface area contributed by atoms with E-state index in [1.807, 2.05) is 14.0 Å². The van der Waals surface area contributed by atoms with E-state index in [2.05, 4.69) is 10.2 Å². The summed E-state index contributed by atoms with van der Waals surface area (Å²) in [5.41, 5.74) is 1.69. The Balaban J connectivity index is 2.52. The number of anilines is 1. The fourth-order valence-corrected chi connectivity index (χ4v) is 1.69.